The highest BCUT2D eigenvalue weighted by Crippen LogP contribution is 2.24. The van der Waals surface area contributed by atoms with Gasteiger partial charge in [-0.1, -0.05) is 12.1 Å². The van der Waals surface area contributed by atoms with E-state index in [9.17, 15) is 22.8 Å². The molecule has 192 valence electrons. The molecule has 0 N–H and O–H groups in total. The van der Waals surface area contributed by atoms with Gasteiger partial charge in [0.25, 0.3) is 5.56 Å². The molecule has 1 fully saturated rings. The minimum Gasteiger partial charge on any atom is -0.368 e. The van der Waals surface area contributed by atoms with Crippen LogP contribution >= 0.6 is 0 Å². The van der Waals surface area contributed by atoms with Crippen LogP contribution in [0, 0.1) is 13.8 Å². The van der Waals surface area contributed by atoms with E-state index < -0.39 is 21.3 Å². The van der Waals surface area contributed by atoms with Crippen molar-refractivity contribution in [2.24, 2.45) is 14.1 Å². The van der Waals surface area contributed by atoms with Gasteiger partial charge >= 0.3 is 5.69 Å². The highest BCUT2D eigenvalue weighted by molar-refractivity contribution is 7.89. The molecule has 0 atom stereocenters. The molecule has 2 aromatic carbocycles. The van der Waals surface area contributed by atoms with Crippen LogP contribution in [0.25, 0.3) is 10.9 Å². The van der Waals surface area contributed by atoms with Crippen LogP contribution in [0.15, 0.2) is 50.9 Å². The van der Waals surface area contributed by atoms with Crippen molar-refractivity contribution < 1.29 is 13.2 Å². The largest absolute Gasteiger partial charge is 0.368 e. The molecule has 2 heterocycles. The maximum absolute atomic E-state index is 13.2. The van der Waals surface area contributed by atoms with Crippen LogP contribution in [-0.2, 0) is 28.9 Å². The number of fused-ring (bicyclic) bond motifs is 1. The number of benzene rings is 2. The summed E-state index contributed by atoms with van der Waals surface area (Å²) in [6, 6.07) is 10.2. The van der Waals surface area contributed by atoms with Gasteiger partial charge in [-0.15, -0.1) is 0 Å². The van der Waals surface area contributed by atoms with Gasteiger partial charge in [0.15, 0.2) is 0 Å². The lowest BCUT2D eigenvalue weighted by Gasteiger charge is -2.37. The Morgan fingerprint density at radius 3 is 2.31 bits per heavy atom. The van der Waals surface area contributed by atoms with E-state index in [4.69, 9.17) is 0 Å². The van der Waals surface area contributed by atoms with E-state index in [1.54, 1.807) is 4.90 Å². The van der Waals surface area contributed by atoms with Crippen LogP contribution in [0.3, 0.4) is 0 Å². The van der Waals surface area contributed by atoms with Crippen LogP contribution in [0.5, 0.6) is 0 Å². The Bertz CT molecular complexity index is 1570. The number of sulfonamides is 1. The number of anilines is 1. The molecule has 0 bridgehead atoms. The summed E-state index contributed by atoms with van der Waals surface area (Å²) in [5.41, 5.74) is 2.85. The van der Waals surface area contributed by atoms with Crippen molar-refractivity contribution in [2.45, 2.75) is 18.7 Å². The number of hydrogen-bond acceptors (Lipinski definition) is 6. The fourth-order valence-corrected chi connectivity index (χ4v) is 5.71. The van der Waals surface area contributed by atoms with Crippen LogP contribution in [0.4, 0.5) is 5.69 Å². The number of carbonyl (C=O) groups excluding carboxylic acids is 1. The van der Waals surface area contributed by atoms with Gasteiger partial charge in [-0.3, -0.25) is 18.7 Å². The highest BCUT2D eigenvalue weighted by atomic mass is 32.2. The first-order valence-electron chi connectivity index (χ1n) is 11.7. The minimum absolute atomic E-state index is 0.110. The quantitative estimate of drug-likeness (QED) is 0.500. The van der Waals surface area contributed by atoms with Gasteiger partial charge in [0.2, 0.25) is 15.9 Å². The lowest BCUT2D eigenvalue weighted by atomic mass is 10.1. The molecular weight excluding hydrogens is 482 g/mol. The van der Waals surface area contributed by atoms with Gasteiger partial charge in [0.1, 0.15) is 0 Å². The predicted octanol–water partition coefficient (Wildman–Crippen LogP) is 0.823. The summed E-state index contributed by atoms with van der Waals surface area (Å²) in [6.45, 7) is 6.18. The summed E-state index contributed by atoms with van der Waals surface area (Å²) in [6.07, 6.45) is 0. The van der Waals surface area contributed by atoms with E-state index in [1.807, 2.05) is 6.07 Å². The molecular formula is C25H31N5O5S. The fourth-order valence-electron chi connectivity index (χ4n) is 4.57. The van der Waals surface area contributed by atoms with E-state index >= 15 is 0 Å². The van der Waals surface area contributed by atoms with E-state index in [0.717, 1.165) is 14.6 Å². The Hall–Kier alpha value is -3.44. The molecule has 36 heavy (non-hydrogen) atoms. The first kappa shape index (κ1) is 25.6. The molecule has 11 heteroatoms. The summed E-state index contributed by atoms with van der Waals surface area (Å²) < 4.78 is 29.7. The fraction of sp³-hybridized carbons (Fsp3) is 0.400. The SMILES string of the molecule is Cc1cccc(N2CCN(C(=O)CN(C)S(=O)(=O)c3ccc4c(c3)c(=O)n(C)c(=O)n4C)CC2)c1C. The highest BCUT2D eigenvalue weighted by Gasteiger charge is 2.28. The van der Waals surface area contributed by atoms with Crippen molar-refractivity contribution in [1.82, 2.24) is 18.3 Å². The zero-order chi connectivity index (χ0) is 26.4. The average molecular weight is 514 g/mol. The van der Waals surface area contributed by atoms with E-state index in [2.05, 4.69) is 30.9 Å². The average Bonchev–Trinajstić information content (AvgIpc) is 2.87. The number of piperazine rings is 1. The van der Waals surface area contributed by atoms with Crippen molar-refractivity contribution in [2.75, 3.05) is 44.7 Å². The van der Waals surface area contributed by atoms with Crippen molar-refractivity contribution in [3.63, 3.8) is 0 Å². The second-order valence-corrected chi connectivity index (χ2v) is 11.3. The van der Waals surface area contributed by atoms with Gasteiger partial charge < -0.3 is 9.80 Å². The normalized spacial score (nSPS) is 14.6. The van der Waals surface area contributed by atoms with Crippen molar-refractivity contribution in [3.05, 3.63) is 68.4 Å². The molecule has 0 spiro atoms. The summed E-state index contributed by atoms with van der Waals surface area (Å²) >= 11 is 0. The van der Waals surface area contributed by atoms with E-state index in [0.29, 0.717) is 31.7 Å². The summed E-state index contributed by atoms with van der Waals surface area (Å²) in [4.78, 5) is 41.5. The third kappa shape index (κ3) is 4.44. The number of hydrogen-bond donors (Lipinski definition) is 0. The molecule has 0 aliphatic carbocycles. The number of nitrogens with zero attached hydrogens (tertiary/aromatic N) is 5. The molecule has 0 unspecified atom stereocenters. The second kappa shape index (κ2) is 9.55. The van der Waals surface area contributed by atoms with E-state index in [1.165, 1.54) is 55.0 Å². The lowest BCUT2D eigenvalue weighted by molar-refractivity contribution is -0.131. The zero-order valence-corrected chi connectivity index (χ0v) is 22.0. The molecule has 1 amide bonds. The van der Waals surface area contributed by atoms with Gasteiger partial charge in [-0.05, 0) is 49.2 Å². The number of likely N-dealkylation sites (N-methyl/N-ethyl adjacent to an activating group) is 1. The van der Waals surface area contributed by atoms with Crippen LogP contribution < -0.4 is 16.1 Å². The number of aromatic nitrogens is 2. The molecule has 4 rings (SSSR count). The zero-order valence-electron chi connectivity index (χ0n) is 21.2. The molecule has 3 aromatic rings. The molecule has 1 aromatic heterocycles. The molecule has 10 nitrogen and oxygen atoms in total. The van der Waals surface area contributed by atoms with Crippen LogP contribution in [0.1, 0.15) is 11.1 Å². The molecule has 1 saturated heterocycles. The Morgan fingerprint density at radius 1 is 0.972 bits per heavy atom. The maximum Gasteiger partial charge on any atom is 0.330 e. The second-order valence-electron chi connectivity index (χ2n) is 9.23. The number of amides is 1. The predicted molar refractivity (Wildman–Crippen MR) is 139 cm³/mol. The lowest BCUT2D eigenvalue weighted by Crippen LogP contribution is -2.51. The monoisotopic (exact) mass is 513 g/mol. The third-order valence-electron chi connectivity index (χ3n) is 7.05. The maximum atomic E-state index is 13.2. The van der Waals surface area contributed by atoms with Crippen LogP contribution in [0.2, 0.25) is 0 Å². The van der Waals surface area contributed by atoms with Gasteiger partial charge in [-0.2, -0.15) is 4.31 Å². The third-order valence-corrected chi connectivity index (χ3v) is 8.85. The summed E-state index contributed by atoms with van der Waals surface area (Å²) in [7, 11) is 0.169. The van der Waals surface area contributed by atoms with Crippen molar-refractivity contribution >= 4 is 32.5 Å². The van der Waals surface area contributed by atoms with E-state index in [-0.39, 0.29) is 22.7 Å². The molecule has 1 aliphatic rings. The topological polar surface area (TPSA) is 105 Å². The Balaban J connectivity index is 1.48. The molecule has 0 saturated carbocycles. The molecule has 1 aliphatic heterocycles. The summed E-state index contributed by atoms with van der Waals surface area (Å²) in [5, 5.41) is 0.114. The Kier molecular flexibility index (Phi) is 6.80. The van der Waals surface area contributed by atoms with Gasteiger partial charge in [-0.25, -0.2) is 13.2 Å². The van der Waals surface area contributed by atoms with Gasteiger partial charge in [0.05, 0.1) is 22.3 Å². The molecule has 0 radical (unpaired) electrons. The number of aryl methyl sites for hydroxylation is 2. The number of carbonyl (C=O) groups is 1. The van der Waals surface area contributed by atoms with Crippen molar-refractivity contribution in [3.8, 4) is 0 Å². The van der Waals surface area contributed by atoms with Crippen molar-refractivity contribution in [1.29, 1.82) is 0 Å². The minimum atomic E-state index is -4.04. The smallest absolute Gasteiger partial charge is 0.330 e. The standard InChI is InChI=1S/C25H31N5O5S/c1-17-7-6-8-21(18(17)2)29-11-13-30(14-12-29)23(31)16-26(3)36(34,35)19-9-10-22-20(15-19)24(32)28(5)25(33)27(22)4/h6-10,15H,11-14,16H2,1-5H3. The first-order valence-corrected chi connectivity index (χ1v) is 13.1. The summed E-state index contributed by atoms with van der Waals surface area (Å²) in [5.74, 6) is -0.277. The van der Waals surface area contributed by atoms with Gasteiger partial charge in [0, 0.05) is 53.0 Å². The Morgan fingerprint density at radius 2 is 1.64 bits per heavy atom. The van der Waals surface area contributed by atoms with Crippen LogP contribution in [-0.4, -0.2) is 72.4 Å². The first-order chi connectivity index (χ1) is 16.9. The number of rotatable bonds is 5. The Labute approximate surface area is 210 Å².